The number of hydrazone groups is 1. The van der Waals surface area contributed by atoms with Crippen molar-refractivity contribution in [3.63, 3.8) is 0 Å². The summed E-state index contributed by atoms with van der Waals surface area (Å²) in [5.74, 6) is 1.23. The smallest absolute Gasteiger partial charge is 0.277 e. The van der Waals surface area contributed by atoms with E-state index in [2.05, 4.69) is 24.4 Å². The van der Waals surface area contributed by atoms with Gasteiger partial charge in [0, 0.05) is 0 Å². The zero-order chi connectivity index (χ0) is 19.6. The van der Waals surface area contributed by atoms with Crippen LogP contribution in [0.3, 0.4) is 0 Å². The second kappa shape index (κ2) is 9.97. The molecule has 0 aromatic heterocycles. The summed E-state index contributed by atoms with van der Waals surface area (Å²) in [7, 11) is 0. The molecule has 0 spiro atoms. The van der Waals surface area contributed by atoms with Crippen molar-refractivity contribution < 1.29 is 14.3 Å². The van der Waals surface area contributed by atoms with E-state index >= 15 is 0 Å². The molecule has 0 radical (unpaired) electrons. The van der Waals surface area contributed by atoms with Crippen LogP contribution in [0.15, 0.2) is 53.6 Å². The van der Waals surface area contributed by atoms with Gasteiger partial charge in [0.25, 0.3) is 5.91 Å². The molecule has 0 fully saturated rings. The topological polar surface area (TPSA) is 83.7 Å². The molecule has 0 heterocycles. The first-order valence-electron chi connectivity index (χ1n) is 8.68. The van der Waals surface area contributed by atoms with Crippen molar-refractivity contribution in [2.24, 2.45) is 11.0 Å². The van der Waals surface area contributed by atoms with Crippen molar-refractivity contribution in [3.8, 4) is 17.6 Å². The lowest BCUT2D eigenvalue weighted by atomic mass is 10.1. The molecule has 2 aromatic carbocycles. The maximum absolute atomic E-state index is 11.9. The number of rotatable bonds is 8. The van der Waals surface area contributed by atoms with Crippen molar-refractivity contribution in [1.29, 1.82) is 5.26 Å². The van der Waals surface area contributed by atoms with Crippen LogP contribution in [0, 0.1) is 17.2 Å². The van der Waals surface area contributed by atoms with Gasteiger partial charge in [0.15, 0.2) is 6.61 Å². The standard InChI is InChI=1S/C21H23N3O3/c1-15(2)13-26-19-10-8-17(9-11-19)16(3)23-24-21(25)14-27-20-7-5-4-6-18(20)12-22/h4-11,15H,13-14H2,1-3H3,(H,24,25)/b23-16-. The van der Waals surface area contributed by atoms with Crippen LogP contribution in [0.2, 0.25) is 0 Å². The SMILES string of the molecule is C/C(=N/NC(=O)COc1ccccc1C#N)c1ccc(OCC(C)C)cc1. The number of nitrogens with one attached hydrogen (secondary N) is 1. The maximum Gasteiger partial charge on any atom is 0.277 e. The Morgan fingerprint density at radius 2 is 1.85 bits per heavy atom. The molecule has 2 aromatic rings. The molecule has 0 aliphatic carbocycles. The second-order valence-corrected chi connectivity index (χ2v) is 6.36. The summed E-state index contributed by atoms with van der Waals surface area (Å²) < 4.78 is 11.0. The van der Waals surface area contributed by atoms with E-state index in [1.807, 2.05) is 30.3 Å². The van der Waals surface area contributed by atoms with E-state index in [4.69, 9.17) is 14.7 Å². The molecule has 1 N–H and O–H groups in total. The number of carbonyl (C=O) groups is 1. The third-order valence-electron chi connectivity index (χ3n) is 3.57. The molecule has 6 heteroatoms. The van der Waals surface area contributed by atoms with Gasteiger partial charge in [-0.2, -0.15) is 10.4 Å². The van der Waals surface area contributed by atoms with Crippen LogP contribution in [0.1, 0.15) is 31.9 Å². The highest BCUT2D eigenvalue weighted by Gasteiger charge is 2.06. The van der Waals surface area contributed by atoms with Gasteiger partial charge < -0.3 is 9.47 Å². The number of carbonyl (C=O) groups excluding carboxylic acids is 1. The van der Waals surface area contributed by atoms with Crippen LogP contribution in [-0.4, -0.2) is 24.8 Å². The molecule has 0 bridgehead atoms. The Bertz CT molecular complexity index is 836. The first kappa shape index (κ1) is 20.0. The zero-order valence-corrected chi connectivity index (χ0v) is 15.7. The van der Waals surface area contributed by atoms with Gasteiger partial charge in [-0.3, -0.25) is 4.79 Å². The molecule has 0 aliphatic heterocycles. The summed E-state index contributed by atoms with van der Waals surface area (Å²) in [6, 6.07) is 16.3. The average molecular weight is 365 g/mol. The molecule has 140 valence electrons. The molecule has 0 saturated carbocycles. The third kappa shape index (κ3) is 6.48. The molecule has 2 rings (SSSR count). The minimum atomic E-state index is -0.404. The molecular weight excluding hydrogens is 342 g/mol. The Labute approximate surface area is 159 Å². The number of para-hydroxylation sites is 1. The molecular formula is C21H23N3O3. The summed E-state index contributed by atoms with van der Waals surface area (Å²) in [5.41, 5.74) is 4.37. The monoisotopic (exact) mass is 365 g/mol. The van der Waals surface area contributed by atoms with E-state index in [1.165, 1.54) is 0 Å². The van der Waals surface area contributed by atoms with E-state index in [0.29, 0.717) is 29.5 Å². The first-order valence-corrected chi connectivity index (χ1v) is 8.68. The zero-order valence-electron chi connectivity index (χ0n) is 15.7. The summed E-state index contributed by atoms with van der Waals surface area (Å²) in [4.78, 5) is 11.9. The number of amides is 1. The van der Waals surface area contributed by atoms with Crippen molar-refractivity contribution in [2.75, 3.05) is 13.2 Å². The molecule has 1 amide bonds. The minimum absolute atomic E-state index is 0.225. The Morgan fingerprint density at radius 1 is 1.15 bits per heavy atom. The highest BCUT2D eigenvalue weighted by Crippen LogP contribution is 2.16. The van der Waals surface area contributed by atoms with Crippen molar-refractivity contribution in [3.05, 3.63) is 59.7 Å². The number of hydrogen-bond donors (Lipinski definition) is 1. The number of benzene rings is 2. The van der Waals surface area contributed by atoms with E-state index in [1.54, 1.807) is 31.2 Å². The normalized spacial score (nSPS) is 11.0. The van der Waals surface area contributed by atoms with E-state index in [-0.39, 0.29) is 6.61 Å². The second-order valence-electron chi connectivity index (χ2n) is 6.36. The highest BCUT2D eigenvalue weighted by atomic mass is 16.5. The highest BCUT2D eigenvalue weighted by molar-refractivity contribution is 5.99. The van der Waals surface area contributed by atoms with Gasteiger partial charge >= 0.3 is 0 Å². The predicted octanol–water partition coefficient (Wildman–Crippen LogP) is 3.51. The molecule has 0 aliphatic rings. The summed E-state index contributed by atoms with van der Waals surface area (Å²) >= 11 is 0. The predicted molar refractivity (Wildman–Crippen MR) is 104 cm³/mol. The van der Waals surface area contributed by atoms with Crippen molar-refractivity contribution in [1.82, 2.24) is 5.43 Å². The quantitative estimate of drug-likeness (QED) is 0.573. The summed E-state index contributed by atoms with van der Waals surface area (Å²) in [6.07, 6.45) is 0. The number of nitrogens with zero attached hydrogens (tertiary/aromatic N) is 2. The summed E-state index contributed by atoms with van der Waals surface area (Å²) in [5, 5.41) is 13.1. The Morgan fingerprint density at radius 3 is 2.52 bits per heavy atom. The van der Waals surface area contributed by atoms with Crippen LogP contribution in [-0.2, 0) is 4.79 Å². The molecule has 0 unspecified atom stereocenters. The first-order chi connectivity index (χ1) is 13.0. The van der Waals surface area contributed by atoms with Crippen LogP contribution < -0.4 is 14.9 Å². The minimum Gasteiger partial charge on any atom is -0.493 e. The van der Waals surface area contributed by atoms with Crippen LogP contribution >= 0.6 is 0 Å². The van der Waals surface area contributed by atoms with Gasteiger partial charge in [-0.1, -0.05) is 26.0 Å². The van der Waals surface area contributed by atoms with Crippen LogP contribution in [0.25, 0.3) is 0 Å². The third-order valence-corrected chi connectivity index (χ3v) is 3.57. The summed E-state index contributed by atoms with van der Waals surface area (Å²) in [6.45, 7) is 6.43. The fraction of sp³-hybridized carbons (Fsp3) is 0.286. The number of hydrogen-bond acceptors (Lipinski definition) is 5. The molecule has 6 nitrogen and oxygen atoms in total. The van der Waals surface area contributed by atoms with Crippen molar-refractivity contribution >= 4 is 11.6 Å². The van der Waals surface area contributed by atoms with Gasteiger partial charge in [-0.05, 0) is 54.8 Å². The van der Waals surface area contributed by atoms with E-state index in [9.17, 15) is 4.79 Å². The molecule has 0 saturated heterocycles. The average Bonchev–Trinajstić information content (AvgIpc) is 2.69. The maximum atomic E-state index is 11.9. The van der Waals surface area contributed by atoms with Gasteiger partial charge in [-0.25, -0.2) is 5.43 Å². The fourth-order valence-corrected chi connectivity index (χ4v) is 2.13. The number of nitriles is 1. The Hall–Kier alpha value is -3.33. The van der Waals surface area contributed by atoms with E-state index < -0.39 is 5.91 Å². The van der Waals surface area contributed by atoms with Crippen LogP contribution in [0.4, 0.5) is 0 Å². The molecule has 0 atom stereocenters. The lowest BCUT2D eigenvalue weighted by molar-refractivity contribution is -0.123. The van der Waals surface area contributed by atoms with Crippen molar-refractivity contribution in [2.45, 2.75) is 20.8 Å². The fourth-order valence-electron chi connectivity index (χ4n) is 2.13. The van der Waals surface area contributed by atoms with Crippen LogP contribution in [0.5, 0.6) is 11.5 Å². The van der Waals surface area contributed by atoms with Gasteiger partial charge in [-0.15, -0.1) is 0 Å². The molecule has 27 heavy (non-hydrogen) atoms. The van der Waals surface area contributed by atoms with Gasteiger partial charge in [0.2, 0.25) is 0 Å². The lowest BCUT2D eigenvalue weighted by Crippen LogP contribution is -2.25. The van der Waals surface area contributed by atoms with Gasteiger partial charge in [0.05, 0.1) is 17.9 Å². The van der Waals surface area contributed by atoms with E-state index in [0.717, 1.165) is 11.3 Å². The Balaban J connectivity index is 1.87. The van der Waals surface area contributed by atoms with Gasteiger partial charge in [0.1, 0.15) is 17.6 Å². The number of ether oxygens (including phenoxy) is 2. The Kier molecular flexibility index (Phi) is 7.38. The lowest BCUT2D eigenvalue weighted by Gasteiger charge is -2.09. The largest absolute Gasteiger partial charge is 0.493 e.